The molecule has 0 radical (unpaired) electrons. The third-order valence-electron chi connectivity index (χ3n) is 5.31. The van der Waals surface area contributed by atoms with E-state index >= 15 is 0 Å². The van der Waals surface area contributed by atoms with E-state index in [0.29, 0.717) is 25.3 Å². The standard InChI is InChI=1S/C14H21N5O5S2/c1-17-6-4-9(5-7-17)12-15-16-13(25-12)11-3-2-10-8-18(11)14(20)19(10)24-26(21,22)23/h9-11H,2-8H2,1H3,(H,21,22,23)/t10-,11-/m0/s1. The minimum atomic E-state index is -4.73. The predicted octanol–water partition coefficient (Wildman–Crippen LogP) is 1.02. The summed E-state index contributed by atoms with van der Waals surface area (Å²) in [5, 5.41) is 11.2. The van der Waals surface area contributed by atoms with Crippen molar-refractivity contribution in [1.82, 2.24) is 25.1 Å². The highest BCUT2D eigenvalue weighted by molar-refractivity contribution is 7.80. The van der Waals surface area contributed by atoms with Gasteiger partial charge in [-0.2, -0.15) is 13.5 Å². The first kappa shape index (κ1) is 18.0. The molecule has 0 aliphatic carbocycles. The number of carbonyl (C=O) groups is 1. The highest BCUT2D eigenvalue weighted by atomic mass is 32.3. The van der Waals surface area contributed by atoms with Gasteiger partial charge in [0.1, 0.15) is 10.0 Å². The number of rotatable bonds is 4. The molecular formula is C14H21N5O5S2. The number of nitrogens with zero attached hydrogens (tertiary/aromatic N) is 5. The van der Waals surface area contributed by atoms with Gasteiger partial charge in [-0.05, 0) is 45.8 Å². The van der Waals surface area contributed by atoms with Crippen molar-refractivity contribution in [2.75, 3.05) is 26.7 Å². The van der Waals surface area contributed by atoms with Crippen LogP contribution in [0.5, 0.6) is 0 Å². The van der Waals surface area contributed by atoms with Crippen LogP contribution in [0.3, 0.4) is 0 Å². The number of hydroxylamine groups is 2. The minimum Gasteiger partial charge on any atom is -0.311 e. The SMILES string of the molecule is CN1CCC(c2nnc([C@@H]3CC[C@H]4CN3C(=O)N4OS(=O)(=O)O)s2)CC1. The van der Waals surface area contributed by atoms with Gasteiger partial charge in [0.05, 0.1) is 12.1 Å². The number of urea groups is 1. The lowest BCUT2D eigenvalue weighted by atomic mass is 9.98. The van der Waals surface area contributed by atoms with E-state index in [4.69, 9.17) is 4.55 Å². The molecule has 12 heteroatoms. The third-order valence-corrected chi connectivity index (χ3v) is 6.84. The van der Waals surface area contributed by atoms with Gasteiger partial charge < -0.3 is 9.80 Å². The molecule has 0 saturated carbocycles. The van der Waals surface area contributed by atoms with Crippen molar-refractivity contribution in [3.63, 3.8) is 0 Å². The Morgan fingerprint density at radius 3 is 2.54 bits per heavy atom. The van der Waals surface area contributed by atoms with E-state index in [1.807, 2.05) is 0 Å². The summed E-state index contributed by atoms with van der Waals surface area (Å²) in [5.41, 5.74) is 0. The van der Waals surface area contributed by atoms with E-state index in [0.717, 1.165) is 41.0 Å². The topological polar surface area (TPSA) is 116 Å². The fourth-order valence-corrected chi connectivity index (χ4v) is 5.44. The van der Waals surface area contributed by atoms with Crippen LogP contribution in [0.2, 0.25) is 0 Å². The Hall–Kier alpha value is -1.34. The maximum absolute atomic E-state index is 12.5. The summed E-state index contributed by atoms with van der Waals surface area (Å²) in [6.07, 6.45) is 3.34. The van der Waals surface area contributed by atoms with Gasteiger partial charge in [0.25, 0.3) is 0 Å². The van der Waals surface area contributed by atoms with Crippen molar-refractivity contribution < 1.29 is 22.0 Å². The Balaban J connectivity index is 1.49. The average molecular weight is 403 g/mol. The second-order valence-electron chi connectivity index (χ2n) is 7.07. The first-order valence-corrected chi connectivity index (χ1v) is 10.8. The van der Waals surface area contributed by atoms with E-state index < -0.39 is 16.4 Å². The number of aromatic nitrogens is 2. The molecule has 144 valence electrons. The van der Waals surface area contributed by atoms with Crippen LogP contribution in [0.1, 0.15) is 47.7 Å². The Kier molecular flexibility index (Phi) is 4.63. The number of fused-ring (bicyclic) bond motifs is 2. The number of hydrogen-bond donors (Lipinski definition) is 1. The molecule has 3 fully saturated rings. The molecule has 2 atom stereocenters. The summed E-state index contributed by atoms with van der Waals surface area (Å²) in [5.74, 6) is 0.405. The normalized spacial score (nSPS) is 28.2. The van der Waals surface area contributed by atoms with Gasteiger partial charge in [-0.1, -0.05) is 11.3 Å². The summed E-state index contributed by atoms with van der Waals surface area (Å²) < 4.78 is 35.3. The zero-order valence-electron chi connectivity index (χ0n) is 14.3. The second kappa shape index (κ2) is 6.68. The molecule has 3 aliphatic rings. The zero-order valence-corrected chi connectivity index (χ0v) is 15.9. The average Bonchev–Trinajstić information content (AvgIpc) is 3.15. The van der Waals surface area contributed by atoms with Crippen LogP contribution < -0.4 is 0 Å². The predicted molar refractivity (Wildman–Crippen MR) is 91.7 cm³/mol. The Morgan fingerprint density at radius 1 is 1.15 bits per heavy atom. The molecule has 2 amide bonds. The largest absolute Gasteiger partial charge is 0.418 e. The van der Waals surface area contributed by atoms with Crippen LogP contribution in [-0.2, 0) is 14.7 Å². The molecule has 1 aromatic rings. The molecule has 0 aromatic carbocycles. The lowest BCUT2D eigenvalue weighted by molar-refractivity contribution is -0.0317. The smallest absolute Gasteiger partial charge is 0.311 e. The Labute approximate surface area is 155 Å². The Bertz CT molecular complexity index is 791. The molecule has 1 N–H and O–H groups in total. The highest BCUT2D eigenvalue weighted by Crippen LogP contribution is 2.41. The molecular weight excluding hydrogens is 382 g/mol. The van der Waals surface area contributed by atoms with Crippen LogP contribution in [0.25, 0.3) is 0 Å². The number of likely N-dealkylation sites (tertiary alicyclic amines) is 1. The summed E-state index contributed by atoms with van der Waals surface area (Å²) in [6.45, 7) is 2.43. The van der Waals surface area contributed by atoms with Gasteiger partial charge in [0.2, 0.25) is 0 Å². The van der Waals surface area contributed by atoms with Crippen molar-refractivity contribution in [2.24, 2.45) is 0 Å². The summed E-state index contributed by atoms with van der Waals surface area (Å²) in [7, 11) is -2.62. The summed E-state index contributed by atoms with van der Waals surface area (Å²) >= 11 is 1.54. The molecule has 0 unspecified atom stereocenters. The van der Waals surface area contributed by atoms with Crippen molar-refractivity contribution in [3.8, 4) is 0 Å². The number of piperidine rings is 2. The van der Waals surface area contributed by atoms with Crippen molar-refractivity contribution >= 4 is 27.8 Å². The second-order valence-corrected chi connectivity index (χ2v) is 9.11. The summed E-state index contributed by atoms with van der Waals surface area (Å²) in [6, 6.07) is -1.18. The molecule has 1 aromatic heterocycles. The fraction of sp³-hybridized carbons (Fsp3) is 0.786. The molecule has 10 nitrogen and oxygen atoms in total. The van der Waals surface area contributed by atoms with E-state index in [9.17, 15) is 13.2 Å². The summed E-state index contributed by atoms with van der Waals surface area (Å²) in [4.78, 5) is 16.3. The number of amides is 2. The van der Waals surface area contributed by atoms with Crippen LogP contribution in [0, 0.1) is 0 Å². The van der Waals surface area contributed by atoms with Gasteiger partial charge in [0, 0.05) is 12.5 Å². The van der Waals surface area contributed by atoms with Crippen LogP contribution in [0.4, 0.5) is 4.79 Å². The Morgan fingerprint density at radius 2 is 1.85 bits per heavy atom. The molecule has 3 aliphatic heterocycles. The van der Waals surface area contributed by atoms with Crippen molar-refractivity contribution in [2.45, 2.75) is 43.7 Å². The lowest BCUT2D eigenvalue weighted by Crippen LogP contribution is -2.35. The maximum atomic E-state index is 12.5. The molecule has 0 spiro atoms. The van der Waals surface area contributed by atoms with E-state index in [1.54, 1.807) is 4.90 Å². The van der Waals surface area contributed by atoms with E-state index in [1.165, 1.54) is 11.3 Å². The van der Waals surface area contributed by atoms with Gasteiger partial charge in [0.15, 0.2) is 0 Å². The van der Waals surface area contributed by atoms with Crippen LogP contribution >= 0.6 is 11.3 Å². The van der Waals surface area contributed by atoms with Gasteiger partial charge in [-0.3, -0.25) is 4.55 Å². The van der Waals surface area contributed by atoms with Crippen molar-refractivity contribution in [1.29, 1.82) is 0 Å². The number of hydrogen-bond acceptors (Lipinski definition) is 8. The molecule has 4 heterocycles. The first-order chi connectivity index (χ1) is 12.3. The van der Waals surface area contributed by atoms with Crippen LogP contribution in [0.15, 0.2) is 0 Å². The first-order valence-electron chi connectivity index (χ1n) is 8.60. The molecule has 26 heavy (non-hydrogen) atoms. The monoisotopic (exact) mass is 403 g/mol. The fourth-order valence-electron chi connectivity index (χ4n) is 3.89. The number of carbonyl (C=O) groups excluding carboxylic acids is 1. The molecule has 4 rings (SSSR count). The van der Waals surface area contributed by atoms with Gasteiger partial charge >= 0.3 is 16.4 Å². The minimum absolute atomic E-state index is 0.230. The zero-order chi connectivity index (χ0) is 18.5. The van der Waals surface area contributed by atoms with Crippen LogP contribution in [-0.4, -0.2) is 76.8 Å². The van der Waals surface area contributed by atoms with E-state index in [-0.39, 0.29) is 12.1 Å². The molecule has 2 bridgehead atoms. The lowest BCUT2D eigenvalue weighted by Gasteiger charge is -2.28. The van der Waals surface area contributed by atoms with Gasteiger partial charge in [-0.25, -0.2) is 4.79 Å². The highest BCUT2D eigenvalue weighted by Gasteiger charge is 2.48. The van der Waals surface area contributed by atoms with Gasteiger partial charge in [-0.15, -0.1) is 14.5 Å². The quantitative estimate of drug-likeness (QED) is 0.741. The van der Waals surface area contributed by atoms with Crippen molar-refractivity contribution in [3.05, 3.63) is 10.0 Å². The third kappa shape index (κ3) is 3.43. The molecule has 3 saturated heterocycles. The van der Waals surface area contributed by atoms with E-state index in [2.05, 4.69) is 26.4 Å². The maximum Gasteiger partial charge on any atom is 0.418 e.